The number of amides is 1. The van der Waals surface area contributed by atoms with E-state index in [1.807, 2.05) is 0 Å². The van der Waals surface area contributed by atoms with E-state index in [2.05, 4.69) is 18.7 Å². The van der Waals surface area contributed by atoms with Crippen molar-refractivity contribution in [1.29, 1.82) is 0 Å². The fourth-order valence-electron chi connectivity index (χ4n) is 3.16. The number of rotatable bonds is 4. The molecule has 0 radical (unpaired) electrons. The highest BCUT2D eigenvalue weighted by Gasteiger charge is 2.27. The van der Waals surface area contributed by atoms with Crippen LogP contribution in [0.15, 0.2) is 18.2 Å². The van der Waals surface area contributed by atoms with Crippen LogP contribution in [0.1, 0.15) is 42.6 Å². The number of halogens is 1. The highest BCUT2D eigenvalue weighted by atomic mass is 19.1. The molecular weight excluding hydrogens is 267 g/mol. The summed E-state index contributed by atoms with van der Waals surface area (Å²) >= 11 is 0. The lowest BCUT2D eigenvalue weighted by molar-refractivity contribution is 0.0627. The molecule has 1 fully saturated rings. The van der Waals surface area contributed by atoms with Gasteiger partial charge in [0.15, 0.2) is 0 Å². The maximum atomic E-state index is 14.1. The molecule has 0 spiro atoms. The van der Waals surface area contributed by atoms with Crippen molar-refractivity contribution in [1.82, 2.24) is 9.80 Å². The second-order valence-electron chi connectivity index (χ2n) is 5.68. The van der Waals surface area contributed by atoms with E-state index in [1.54, 1.807) is 30.0 Å². The summed E-state index contributed by atoms with van der Waals surface area (Å²) in [7, 11) is 0. The van der Waals surface area contributed by atoms with E-state index < -0.39 is 0 Å². The third kappa shape index (κ3) is 3.43. The van der Waals surface area contributed by atoms with Crippen molar-refractivity contribution in [2.45, 2.75) is 39.7 Å². The number of aryl methyl sites for hydroxylation is 1. The van der Waals surface area contributed by atoms with Gasteiger partial charge < -0.3 is 9.80 Å². The first-order chi connectivity index (χ1) is 10.1. The van der Waals surface area contributed by atoms with Crippen molar-refractivity contribution in [3.63, 3.8) is 0 Å². The number of piperidine rings is 1. The smallest absolute Gasteiger partial charge is 0.256 e. The van der Waals surface area contributed by atoms with Crippen LogP contribution in [0.3, 0.4) is 0 Å². The second-order valence-corrected chi connectivity index (χ2v) is 5.68. The molecule has 21 heavy (non-hydrogen) atoms. The number of carbonyl (C=O) groups is 1. The van der Waals surface area contributed by atoms with Gasteiger partial charge in [0.1, 0.15) is 5.82 Å². The van der Waals surface area contributed by atoms with E-state index in [1.165, 1.54) is 0 Å². The zero-order valence-corrected chi connectivity index (χ0v) is 13.2. The Morgan fingerprint density at radius 1 is 1.29 bits per heavy atom. The summed E-state index contributed by atoms with van der Waals surface area (Å²) in [6.45, 7) is 9.55. The standard InChI is InChI=1S/C17H25FN2O/c1-4-19(5-2)14-9-11-20(12-10-14)17(21)15-8-6-7-13(3)16(15)18/h6-8,14H,4-5,9-12H2,1-3H3. The van der Waals surface area contributed by atoms with Crippen LogP contribution in [0.5, 0.6) is 0 Å². The summed E-state index contributed by atoms with van der Waals surface area (Å²) in [6, 6.07) is 5.57. The average Bonchev–Trinajstić information content (AvgIpc) is 2.51. The normalized spacial score (nSPS) is 16.5. The topological polar surface area (TPSA) is 23.6 Å². The SMILES string of the molecule is CCN(CC)C1CCN(C(=O)c2cccc(C)c2F)CC1. The third-order valence-corrected chi connectivity index (χ3v) is 4.50. The summed E-state index contributed by atoms with van der Waals surface area (Å²) in [6.07, 6.45) is 1.95. The number of hydrogen-bond donors (Lipinski definition) is 0. The quantitative estimate of drug-likeness (QED) is 0.851. The van der Waals surface area contributed by atoms with E-state index in [0.717, 1.165) is 25.9 Å². The molecule has 2 rings (SSSR count). The molecule has 0 N–H and O–H groups in total. The van der Waals surface area contributed by atoms with E-state index in [0.29, 0.717) is 24.7 Å². The molecule has 0 saturated carbocycles. The maximum Gasteiger partial charge on any atom is 0.256 e. The first kappa shape index (κ1) is 16.0. The maximum absolute atomic E-state index is 14.1. The monoisotopic (exact) mass is 292 g/mol. The molecular formula is C17H25FN2O. The Balaban J connectivity index is 2.02. The van der Waals surface area contributed by atoms with E-state index >= 15 is 0 Å². The lowest BCUT2D eigenvalue weighted by Crippen LogP contribution is -2.46. The van der Waals surface area contributed by atoms with Crippen molar-refractivity contribution in [2.75, 3.05) is 26.2 Å². The molecule has 1 aliphatic rings. The zero-order chi connectivity index (χ0) is 15.4. The lowest BCUT2D eigenvalue weighted by atomic mass is 10.0. The van der Waals surface area contributed by atoms with Crippen LogP contribution in [-0.4, -0.2) is 47.9 Å². The van der Waals surface area contributed by atoms with Crippen molar-refractivity contribution < 1.29 is 9.18 Å². The van der Waals surface area contributed by atoms with Crippen molar-refractivity contribution in [3.05, 3.63) is 35.1 Å². The number of carbonyl (C=O) groups excluding carboxylic acids is 1. The molecule has 1 aliphatic heterocycles. The Kier molecular flexibility index (Phi) is 5.34. The summed E-state index contributed by atoms with van der Waals surface area (Å²) < 4.78 is 14.1. The predicted octanol–water partition coefficient (Wildman–Crippen LogP) is 3.08. The number of benzene rings is 1. The lowest BCUT2D eigenvalue weighted by Gasteiger charge is -2.37. The minimum Gasteiger partial charge on any atom is -0.338 e. The minimum absolute atomic E-state index is 0.172. The number of hydrogen-bond acceptors (Lipinski definition) is 2. The van der Waals surface area contributed by atoms with Gasteiger partial charge in [-0.3, -0.25) is 4.79 Å². The first-order valence-electron chi connectivity index (χ1n) is 7.86. The first-order valence-corrected chi connectivity index (χ1v) is 7.86. The second kappa shape index (κ2) is 7.03. The van der Waals surface area contributed by atoms with Gasteiger partial charge in [-0.1, -0.05) is 26.0 Å². The average molecular weight is 292 g/mol. The van der Waals surface area contributed by atoms with Gasteiger partial charge >= 0.3 is 0 Å². The molecule has 0 unspecified atom stereocenters. The molecule has 0 bridgehead atoms. The Labute approximate surface area is 126 Å². The molecule has 1 aromatic carbocycles. The third-order valence-electron chi connectivity index (χ3n) is 4.50. The molecule has 1 aromatic rings. The van der Waals surface area contributed by atoms with Crippen molar-refractivity contribution in [2.24, 2.45) is 0 Å². The summed E-state index contributed by atoms with van der Waals surface area (Å²) in [5, 5.41) is 0. The zero-order valence-electron chi connectivity index (χ0n) is 13.2. The van der Waals surface area contributed by atoms with Crippen molar-refractivity contribution in [3.8, 4) is 0 Å². The fraction of sp³-hybridized carbons (Fsp3) is 0.588. The highest BCUT2D eigenvalue weighted by molar-refractivity contribution is 5.94. The summed E-state index contributed by atoms with van der Waals surface area (Å²) in [5.74, 6) is -0.553. The van der Waals surface area contributed by atoms with Gasteiger partial charge in [0.05, 0.1) is 5.56 Å². The van der Waals surface area contributed by atoms with Crippen LogP contribution in [0, 0.1) is 12.7 Å². The van der Waals surface area contributed by atoms with Crippen LogP contribution in [0.2, 0.25) is 0 Å². The van der Waals surface area contributed by atoms with Gasteiger partial charge in [-0.25, -0.2) is 4.39 Å². The van der Waals surface area contributed by atoms with Crippen LogP contribution < -0.4 is 0 Å². The molecule has 4 heteroatoms. The minimum atomic E-state index is -0.381. The largest absolute Gasteiger partial charge is 0.338 e. The van der Waals surface area contributed by atoms with E-state index in [4.69, 9.17) is 0 Å². The number of nitrogens with zero attached hydrogens (tertiary/aromatic N) is 2. The van der Waals surface area contributed by atoms with Crippen LogP contribution in [0.4, 0.5) is 4.39 Å². The van der Waals surface area contributed by atoms with Crippen LogP contribution in [0.25, 0.3) is 0 Å². The van der Waals surface area contributed by atoms with Gasteiger partial charge in [-0.15, -0.1) is 0 Å². The summed E-state index contributed by atoms with van der Waals surface area (Å²) in [5.41, 5.74) is 0.732. The molecule has 0 aliphatic carbocycles. The van der Waals surface area contributed by atoms with Gasteiger partial charge in [0.25, 0.3) is 5.91 Å². The van der Waals surface area contributed by atoms with Crippen LogP contribution in [-0.2, 0) is 0 Å². The molecule has 0 aromatic heterocycles. The molecule has 116 valence electrons. The molecule has 1 saturated heterocycles. The number of likely N-dealkylation sites (tertiary alicyclic amines) is 1. The Bertz CT molecular complexity index is 492. The van der Waals surface area contributed by atoms with Crippen LogP contribution >= 0.6 is 0 Å². The van der Waals surface area contributed by atoms with Gasteiger partial charge in [-0.2, -0.15) is 0 Å². The fourth-order valence-corrected chi connectivity index (χ4v) is 3.16. The Hall–Kier alpha value is -1.42. The highest BCUT2D eigenvalue weighted by Crippen LogP contribution is 2.20. The van der Waals surface area contributed by atoms with Gasteiger partial charge in [-0.05, 0) is 44.5 Å². The molecule has 0 atom stereocenters. The Morgan fingerprint density at radius 3 is 2.48 bits per heavy atom. The van der Waals surface area contributed by atoms with Crippen molar-refractivity contribution >= 4 is 5.91 Å². The van der Waals surface area contributed by atoms with Gasteiger partial charge in [0, 0.05) is 19.1 Å². The molecule has 1 amide bonds. The molecule has 3 nitrogen and oxygen atoms in total. The summed E-state index contributed by atoms with van der Waals surface area (Å²) in [4.78, 5) is 16.7. The Morgan fingerprint density at radius 2 is 1.90 bits per heavy atom. The van der Waals surface area contributed by atoms with Gasteiger partial charge in [0.2, 0.25) is 0 Å². The molecule has 1 heterocycles. The predicted molar refractivity (Wildman–Crippen MR) is 83.0 cm³/mol. The van der Waals surface area contributed by atoms with E-state index in [9.17, 15) is 9.18 Å². The van der Waals surface area contributed by atoms with E-state index in [-0.39, 0.29) is 17.3 Å².